The average Bonchev–Trinajstić information content (AvgIpc) is 2.69. The molecule has 0 aromatic heterocycles. The summed E-state index contributed by atoms with van der Waals surface area (Å²) in [6, 6.07) is 5.71. The molecule has 0 unspecified atom stereocenters. The normalized spacial score (nSPS) is 11.1. The van der Waals surface area contributed by atoms with E-state index in [4.69, 9.17) is 9.84 Å². The van der Waals surface area contributed by atoms with Gasteiger partial charge in [-0.15, -0.1) is 0 Å². The third kappa shape index (κ3) is 12.2. The van der Waals surface area contributed by atoms with Crippen molar-refractivity contribution in [3.05, 3.63) is 29.3 Å². The van der Waals surface area contributed by atoms with Crippen molar-refractivity contribution in [2.75, 3.05) is 57.8 Å². The van der Waals surface area contributed by atoms with E-state index in [-0.39, 0.29) is 24.6 Å². The molecule has 0 aliphatic heterocycles. The van der Waals surface area contributed by atoms with E-state index in [2.05, 4.69) is 29.7 Å². The largest absolute Gasteiger partial charge is 0.394 e. The van der Waals surface area contributed by atoms with Crippen molar-refractivity contribution in [1.82, 2.24) is 0 Å². The van der Waals surface area contributed by atoms with Gasteiger partial charge in [0.05, 0.1) is 33.0 Å². The van der Waals surface area contributed by atoms with Gasteiger partial charge in [-0.05, 0) is 50.3 Å². The smallest absolute Gasteiger partial charge is 0.0698 e. The summed E-state index contributed by atoms with van der Waals surface area (Å²) in [5, 5.41) is 27.8. The van der Waals surface area contributed by atoms with E-state index in [1.54, 1.807) is 17.9 Å². The Kier molecular flexibility index (Phi) is 16.1. The Hall–Kier alpha value is -0.480. The topological polar surface area (TPSA) is 82.4 Å². The zero-order valence-electron chi connectivity index (χ0n) is 17.8. The summed E-state index contributed by atoms with van der Waals surface area (Å²) in [6.45, 7) is 9.39. The average molecular weight is 436 g/mol. The van der Waals surface area contributed by atoms with Crippen molar-refractivity contribution in [3.63, 3.8) is 0 Å². The molecule has 0 fully saturated rings. The predicted molar refractivity (Wildman–Crippen MR) is 121 cm³/mol. The maximum absolute atomic E-state index is 9.47. The molecule has 0 aliphatic carbocycles. The monoisotopic (exact) mass is 435 g/mol. The zero-order chi connectivity index (χ0) is 21.4. The van der Waals surface area contributed by atoms with Gasteiger partial charge in [0.2, 0.25) is 0 Å². The van der Waals surface area contributed by atoms with E-state index in [0.717, 1.165) is 30.0 Å². The van der Waals surface area contributed by atoms with Gasteiger partial charge in [-0.25, -0.2) is 0 Å². The summed E-state index contributed by atoms with van der Waals surface area (Å²) in [5.74, 6) is 0. The second-order valence-electron chi connectivity index (χ2n) is 6.67. The van der Waals surface area contributed by atoms with Crippen LogP contribution in [-0.2, 0) is 22.7 Å². The first-order valence-electron chi connectivity index (χ1n) is 9.36. The number of aliphatic hydroxyl groups is 3. The maximum Gasteiger partial charge on any atom is 0.0698 e. The fourth-order valence-electron chi connectivity index (χ4n) is 2.46. The van der Waals surface area contributed by atoms with E-state index in [9.17, 15) is 10.2 Å². The molecule has 1 aromatic rings. The van der Waals surface area contributed by atoms with Gasteiger partial charge in [0.1, 0.15) is 0 Å². The highest BCUT2D eigenvalue weighted by Crippen LogP contribution is 2.35. The number of nitrogens with zero attached hydrogens (tertiary/aromatic N) is 1. The van der Waals surface area contributed by atoms with Crippen LogP contribution in [0.25, 0.3) is 0 Å². The van der Waals surface area contributed by atoms with Crippen LogP contribution < -0.4 is 4.90 Å². The van der Waals surface area contributed by atoms with E-state index in [1.807, 2.05) is 35.9 Å². The summed E-state index contributed by atoms with van der Waals surface area (Å²) >= 11 is 0. The van der Waals surface area contributed by atoms with Crippen LogP contribution >= 0.6 is 21.6 Å². The van der Waals surface area contributed by atoms with Gasteiger partial charge in [-0.1, -0.05) is 27.7 Å². The molecule has 0 radical (unpaired) electrons. The molecule has 0 aliphatic rings. The summed E-state index contributed by atoms with van der Waals surface area (Å²) in [7, 11) is 5.23. The minimum absolute atomic E-state index is 0.0163. The number of methoxy groups -OCH3 is 1. The lowest BCUT2D eigenvalue weighted by molar-refractivity contribution is 0.0965. The fourth-order valence-corrected chi connectivity index (χ4v) is 4.63. The molecule has 0 heterocycles. The quantitative estimate of drug-likeness (QED) is 0.322. The number of hydrogen-bond donors (Lipinski definition) is 3. The second-order valence-corrected chi connectivity index (χ2v) is 9.77. The Labute approximate surface area is 178 Å². The Morgan fingerprint density at radius 1 is 1.04 bits per heavy atom. The van der Waals surface area contributed by atoms with Crippen molar-refractivity contribution in [3.8, 4) is 0 Å². The highest BCUT2D eigenvalue weighted by Gasteiger charge is 2.23. The van der Waals surface area contributed by atoms with E-state index < -0.39 is 0 Å². The molecule has 1 aromatic carbocycles. The molecule has 3 N–H and O–H groups in total. The lowest BCUT2D eigenvalue weighted by Gasteiger charge is -2.33. The maximum atomic E-state index is 9.47. The number of benzene rings is 1. The van der Waals surface area contributed by atoms with Gasteiger partial charge in [0, 0.05) is 37.2 Å². The molecule has 0 bridgehead atoms. The van der Waals surface area contributed by atoms with E-state index in [1.165, 1.54) is 0 Å². The Bertz CT molecular complexity index is 493. The number of anilines is 1. The standard InChI is InChI=1S/C17H29NO4S2.C3H8O/c1-17(2,24-23-3)13-18(4-6-22-7-5-19)16-9-14(11-20)8-15(10-16)12-21;1-3-4-2/h8-10,19-21H,4-7,11-13H2,1-3H3;3H2,1-2H3. The van der Waals surface area contributed by atoms with Gasteiger partial charge in [-0.3, -0.25) is 0 Å². The predicted octanol–water partition coefficient (Wildman–Crippen LogP) is 2.93. The molecule has 6 nitrogen and oxygen atoms in total. The molecule has 8 heteroatoms. The lowest BCUT2D eigenvalue weighted by atomic mass is 10.1. The molecular weight excluding hydrogens is 398 g/mol. The summed E-state index contributed by atoms with van der Waals surface area (Å²) < 4.78 is 9.99. The molecule has 164 valence electrons. The van der Waals surface area contributed by atoms with Crippen LogP contribution in [0.4, 0.5) is 5.69 Å². The highest BCUT2D eigenvalue weighted by atomic mass is 33.1. The Morgan fingerprint density at radius 3 is 2.04 bits per heavy atom. The van der Waals surface area contributed by atoms with Crippen LogP contribution in [0.1, 0.15) is 31.9 Å². The van der Waals surface area contributed by atoms with Crippen LogP contribution in [0.5, 0.6) is 0 Å². The molecule has 0 atom stereocenters. The van der Waals surface area contributed by atoms with Gasteiger partial charge < -0.3 is 29.7 Å². The SMILES string of the molecule is CCOC.CSSC(C)(C)CN(CCOCCO)c1cc(CO)cc(CO)c1. The van der Waals surface area contributed by atoms with Crippen molar-refractivity contribution in [2.45, 2.75) is 38.7 Å². The molecule has 0 saturated heterocycles. The van der Waals surface area contributed by atoms with Crippen LogP contribution in [0.15, 0.2) is 18.2 Å². The first-order valence-corrected chi connectivity index (χ1v) is 11.9. The van der Waals surface area contributed by atoms with Crippen LogP contribution in [0.3, 0.4) is 0 Å². The highest BCUT2D eigenvalue weighted by molar-refractivity contribution is 8.77. The molecule has 1 rings (SSSR count). The minimum atomic E-state index is -0.0569. The summed E-state index contributed by atoms with van der Waals surface area (Å²) in [4.78, 5) is 2.21. The third-order valence-electron chi connectivity index (χ3n) is 3.68. The Morgan fingerprint density at radius 2 is 1.61 bits per heavy atom. The van der Waals surface area contributed by atoms with Crippen molar-refractivity contribution < 1.29 is 24.8 Å². The Balaban J connectivity index is 0.00000165. The van der Waals surface area contributed by atoms with Gasteiger partial charge >= 0.3 is 0 Å². The van der Waals surface area contributed by atoms with Gasteiger partial charge in [-0.2, -0.15) is 0 Å². The van der Waals surface area contributed by atoms with Crippen molar-refractivity contribution >= 4 is 27.3 Å². The number of hydrogen-bond acceptors (Lipinski definition) is 8. The number of aliphatic hydroxyl groups excluding tert-OH is 3. The zero-order valence-corrected chi connectivity index (χ0v) is 19.4. The van der Waals surface area contributed by atoms with Gasteiger partial charge in [0.15, 0.2) is 0 Å². The van der Waals surface area contributed by atoms with Crippen LogP contribution in [-0.4, -0.2) is 72.9 Å². The second kappa shape index (κ2) is 16.3. The summed E-state index contributed by atoms with van der Waals surface area (Å²) in [6.07, 6.45) is 2.07. The molecule has 0 spiro atoms. The molecular formula is C20H37NO5S2. The first-order chi connectivity index (χ1) is 13.4. The van der Waals surface area contributed by atoms with E-state index >= 15 is 0 Å². The van der Waals surface area contributed by atoms with Crippen molar-refractivity contribution in [2.24, 2.45) is 0 Å². The fraction of sp³-hybridized carbons (Fsp3) is 0.700. The molecule has 28 heavy (non-hydrogen) atoms. The molecule has 0 amide bonds. The van der Waals surface area contributed by atoms with Crippen LogP contribution in [0, 0.1) is 0 Å². The third-order valence-corrected chi connectivity index (χ3v) is 6.28. The molecule has 0 saturated carbocycles. The van der Waals surface area contributed by atoms with Gasteiger partial charge in [0.25, 0.3) is 0 Å². The minimum Gasteiger partial charge on any atom is -0.394 e. The van der Waals surface area contributed by atoms with E-state index in [0.29, 0.717) is 19.8 Å². The van der Waals surface area contributed by atoms with Crippen LogP contribution in [0.2, 0.25) is 0 Å². The number of rotatable bonds is 13. The number of ether oxygens (including phenoxy) is 2. The summed E-state index contributed by atoms with van der Waals surface area (Å²) in [5.41, 5.74) is 2.54. The lowest BCUT2D eigenvalue weighted by Crippen LogP contribution is -2.38. The first kappa shape index (κ1) is 27.5. The van der Waals surface area contributed by atoms with Crippen molar-refractivity contribution in [1.29, 1.82) is 0 Å².